The number of hydrogen-bond acceptors (Lipinski definition) is 2. The Morgan fingerprint density at radius 1 is 1.19 bits per heavy atom. The molecule has 0 atom stereocenters. The molecule has 0 saturated heterocycles. The Labute approximate surface area is 97.2 Å². The summed E-state index contributed by atoms with van der Waals surface area (Å²) in [5.74, 6) is 5.43. The van der Waals surface area contributed by atoms with Crippen LogP contribution in [0.25, 0.3) is 0 Å². The van der Waals surface area contributed by atoms with E-state index in [1.54, 1.807) is 0 Å². The van der Waals surface area contributed by atoms with Crippen LogP contribution in [0.4, 0.5) is 5.69 Å². The monoisotopic (exact) mass is 218 g/mol. The molecule has 1 aliphatic carbocycles. The highest BCUT2D eigenvalue weighted by Gasteiger charge is 2.19. The van der Waals surface area contributed by atoms with Gasteiger partial charge in [0, 0.05) is 11.6 Å². The summed E-state index contributed by atoms with van der Waals surface area (Å²) >= 11 is 0. The topological polar surface area (TPSA) is 38.4 Å². The summed E-state index contributed by atoms with van der Waals surface area (Å²) in [4.78, 5) is 0. The van der Waals surface area contributed by atoms with Gasteiger partial charge in [0.15, 0.2) is 0 Å². The maximum Gasteiger partial charge on any atom is 0.132 e. The van der Waals surface area contributed by atoms with Crippen molar-refractivity contribution in [3.05, 3.63) is 29.3 Å². The maximum atomic E-state index is 5.43. The van der Waals surface area contributed by atoms with Gasteiger partial charge in [-0.3, -0.25) is 4.48 Å². The van der Waals surface area contributed by atoms with E-state index in [0.29, 0.717) is 0 Å². The Kier molecular flexibility index (Phi) is 2.72. The Morgan fingerprint density at radius 2 is 1.94 bits per heavy atom. The van der Waals surface area contributed by atoms with Crippen molar-refractivity contribution in [1.29, 1.82) is 0 Å². The Bertz CT molecular complexity index is 427. The molecule has 0 aliphatic heterocycles. The fourth-order valence-corrected chi connectivity index (χ4v) is 2.20. The SMILES string of the molecule is C[N+](C)(C)c1ccc2c(c1)CCC/C2=N/N. The van der Waals surface area contributed by atoms with Gasteiger partial charge < -0.3 is 5.84 Å². The lowest BCUT2D eigenvalue weighted by molar-refractivity contribution is 0.486. The van der Waals surface area contributed by atoms with Crippen LogP contribution < -0.4 is 10.3 Å². The first-order valence-corrected chi connectivity index (χ1v) is 5.74. The van der Waals surface area contributed by atoms with Crippen molar-refractivity contribution < 1.29 is 0 Å². The molecule has 3 nitrogen and oxygen atoms in total. The number of hydrazone groups is 1. The molecule has 2 rings (SSSR count). The highest BCUT2D eigenvalue weighted by Crippen LogP contribution is 2.27. The maximum absolute atomic E-state index is 5.43. The van der Waals surface area contributed by atoms with Gasteiger partial charge in [0.05, 0.1) is 26.9 Å². The fourth-order valence-electron chi connectivity index (χ4n) is 2.20. The first-order valence-electron chi connectivity index (χ1n) is 5.74. The molecule has 86 valence electrons. The average Bonchev–Trinajstić information content (AvgIpc) is 2.26. The van der Waals surface area contributed by atoms with Crippen LogP contribution in [0.15, 0.2) is 23.3 Å². The summed E-state index contributed by atoms with van der Waals surface area (Å²) in [7, 11) is 6.55. The molecule has 1 aliphatic rings. The molecule has 0 heterocycles. The van der Waals surface area contributed by atoms with Crippen LogP contribution in [0, 0.1) is 0 Å². The van der Waals surface area contributed by atoms with Crippen molar-refractivity contribution in [2.75, 3.05) is 21.1 Å². The molecule has 2 N–H and O–H groups in total. The molecule has 16 heavy (non-hydrogen) atoms. The zero-order valence-electron chi connectivity index (χ0n) is 10.3. The molecule has 0 saturated carbocycles. The lowest BCUT2D eigenvalue weighted by Crippen LogP contribution is -2.35. The number of nitrogens with zero attached hydrogens (tertiary/aromatic N) is 2. The summed E-state index contributed by atoms with van der Waals surface area (Å²) in [6.45, 7) is 0. The zero-order valence-corrected chi connectivity index (χ0v) is 10.3. The van der Waals surface area contributed by atoms with Gasteiger partial charge in [0.2, 0.25) is 0 Å². The normalized spacial score (nSPS) is 18.6. The highest BCUT2D eigenvalue weighted by atomic mass is 15.3. The molecule has 3 heteroatoms. The van der Waals surface area contributed by atoms with Gasteiger partial charge in [-0.05, 0) is 37.0 Å². The molecule has 0 radical (unpaired) electrons. The number of nitrogens with two attached hydrogens (primary N) is 1. The van der Waals surface area contributed by atoms with Crippen molar-refractivity contribution in [1.82, 2.24) is 4.48 Å². The van der Waals surface area contributed by atoms with Gasteiger partial charge in [-0.25, -0.2) is 0 Å². The van der Waals surface area contributed by atoms with E-state index in [1.807, 2.05) is 0 Å². The number of fused-ring (bicyclic) bond motifs is 1. The summed E-state index contributed by atoms with van der Waals surface area (Å²) < 4.78 is 0.850. The quantitative estimate of drug-likeness (QED) is 0.436. The molecule has 0 spiro atoms. The Balaban J connectivity index is 2.47. The Hall–Kier alpha value is -1.35. The van der Waals surface area contributed by atoms with Crippen LogP contribution in [0.2, 0.25) is 0 Å². The second-order valence-corrected chi connectivity index (χ2v) is 5.28. The van der Waals surface area contributed by atoms with Crippen molar-refractivity contribution in [3.8, 4) is 0 Å². The minimum Gasteiger partial charge on any atom is -0.323 e. The van der Waals surface area contributed by atoms with Crippen LogP contribution in [0.5, 0.6) is 0 Å². The largest absolute Gasteiger partial charge is 0.323 e. The molecule has 1 aromatic rings. The highest BCUT2D eigenvalue weighted by molar-refractivity contribution is 6.02. The number of benzene rings is 1. The van der Waals surface area contributed by atoms with Gasteiger partial charge in [0.25, 0.3) is 0 Å². The van der Waals surface area contributed by atoms with Crippen LogP contribution in [0.3, 0.4) is 0 Å². The van der Waals surface area contributed by atoms with Gasteiger partial charge in [-0.2, -0.15) is 5.10 Å². The minimum absolute atomic E-state index is 0.850. The van der Waals surface area contributed by atoms with Crippen molar-refractivity contribution in [3.63, 3.8) is 0 Å². The summed E-state index contributed by atoms with van der Waals surface area (Å²) in [5, 5.41) is 3.89. The van der Waals surface area contributed by atoms with Crippen LogP contribution in [-0.4, -0.2) is 26.9 Å². The van der Waals surface area contributed by atoms with Gasteiger partial charge in [0.1, 0.15) is 5.69 Å². The number of quaternary nitrogens is 1. The molecular formula is C13H20N3+. The average molecular weight is 218 g/mol. The third-order valence-electron chi connectivity index (χ3n) is 3.19. The van der Waals surface area contributed by atoms with Crippen LogP contribution >= 0.6 is 0 Å². The van der Waals surface area contributed by atoms with Gasteiger partial charge >= 0.3 is 0 Å². The van der Waals surface area contributed by atoms with E-state index < -0.39 is 0 Å². The van der Waals surface area contributed by atoms with E-state index in [-0.39, 0.29) is 0 Å². The molecule has 0 bridgehead atoms. The Morgan fingerprint density at radius 3 is 2.56 bits per heavy atom. The van der Waals surface area contributed by atoms with Crippen molar-refractivity contribution in [2.24, 2.45) is 10.9 Å². The van der Waals surface area contributed by atoms with Crippen LogP contribution in [-0.2, 0) is 6.42 Å². The van der Waals surface area contributed by atoms with E-state index in [0.717, 1.165) is 29.5 Å². The smallest absolute Gasteiger partial charge is 0.132 e. The lowest BCUT2D eigenvalue weighted by atomic mass is 9.89. The van der Waals surface area contributed by atoms with E-state index in [2.05, 4.69) is 44.4 Å². The van der Waals surface area contributed by atoms with E-state index in [9.17, 15) is 0 Å². The third kappa shape index (κ3) is 1.95. The summed E-state index contributed by atoms with van der Waals surface area (Å²) in [6, 6.07) is 6.63. The molecular weight excluding hydrogens is 198 g/mol. The molecule has 0 fully saturated rings. The fraction of sp³-hybridized carbons (Fsp3) is 0.462. The predicted molar refractivity (Wildman–Crippen MR) is 69.7 cm³/mol. The summed E-state index contributed by atoms with van der Waals surface area (Å²) in [5.41, 5.74) is 5.01. The van der Waals surface area contributed by atoms with E-state index in [4.69, 9.17) is 5.84 Å². The second-order valence-electron chi connectivity index (χ2n) is 5.28. The summed E-state index contributed by atoms with van der Waals surface area (Å²) in [6.07, 6.45) is 3.30. The minimum atomic E-state index is 0.850. The van der Waals surface area contributed by atoms with Gasteiger partial charge in [-0.1, -0.05) is 0 Å². The first kappa shape index (κ1) is 11.1. The van der Waals surface area contributed by atoms with E-state index >= 15 is 0 Å². The molecule has 0 amide bonds. The van der Waals surface area contributed by atoms with Crippen molar-refractivity contribution >= 4 is 11.4 Å². The molecule has 0 aromatic heterocycles. The first-order chi connectivity index (χ1) is 7.52. The number of rotatable bonds is 1. The van der Waals surface area contributed by atoms with Crippen LogP contribution in [0.1, 0.15) is 24.0 Å². The van der Waals surface area contributed by atoms with Crippen molar-refractivity contribution in [2.45, 2.75) is 19.3 Å². The number of aryl methyl sites for hydroxylation is 1. The molecule has 1 aromatic carbocycles. The van der Waals surface area contributed by atoms with E-state index in [1.165, 1.54) is 16.8 Å². The molecule has 0 unspecified atom stereocenters. The van der Waals surface area contributed by atoms with Gasteiger partial charge in [-0.15, -0.1) is 0 Å². The lowest BCUT2D eigenvalue weighted by Gasteiger charge is -2.26. The standard InChI is InChI=1S/C13H20N3/c1-16(2,3)11-7-8-12-10(9-11)5-4-6-13(12)15-14/h7-9H,4-6,14H2,1-3H3/q+1/b15-13-. The predicted octanol–water partition coefficient (Wildman–Crippen LogP) is 1.88. The zero-order chi connectivity index (χ0) is 11.8. The number of hydrogen-bond donors (Lipinski definition) is 1. The second kappa shape index (κ2) is 3.91. The third-order valence-corrected chi connectivity index (χ3v) is 3.19.